The summed E-state index contributed by atoms with van der Waals surface area (Å²) in [7, 11) is 4.02. The third-order valence-corrected chi connectivity index (χ3v) is 2.67. The van der Waals surface area contributed by atoms with E-state index < -0.39 is 11.7 Å². The summed E-state index contributed by atoms with van der Waals surface area (Å²) in [5, 5.41) is 3.18. The van der Waals surface area contributed by atoms with Gasteiger partial charge in [0.1, 0.15) is 12.4 Å². The molecule has 0 unspecified atom stereocenters. The van der Waals surface area contributed by atoms with Crippen LogP contribution >= 0.6 is 0 Å². The fourth-order valence-electron chi connectivity index (χ4n) is 1.65. The highest BCUT2D eigenvalue weighted by atomic mass is 19.4. The average molecular weight is 290 g/mol. The summed E-state index contributed by atoms with van der Waals surface area (Å²) in [5.74, 6) is 0.245. The molecule has 114 valence electrons. The molecule has 20 heavy (non-hydrogen) atoms. The second-order valence-corrected chi connectivity index (χ2v) is 4.78. The van der Waals surface area contributed by atoms with E-state index in [2.05, 4.69) is 10.2 Å². The summed E-state index contributed by atoms with van der Waals surface area (Å²) in [6.07, 6.45) is -3.31. The number of hydrogen-bond acceptors (Lipinski definition) is 3. The van der Waals surface area contributed by atoms with Gasteiger partial charge in [-0.25, -0.2) is 0 Å². The minimum atomic E-state index is -4.33. The van der Waals surface area contributed by atoms with Gasteiger partial charge in [0.2, 0.25) is 0 Å². The van der Waals surface area contributed by atoms with Crippen molar-refractivity contribution in [3.05, 3.63) is 29.8 Å². The molecule has 1 aromatic rings. The van der Waals surface area contributed by atoms with Gasteiger partial charge in [-0.3, -0.25) is 0 Å². The van der Waals surface area contributed by atoms with Crippen LogP contribution in [-0.4, -0.2) is 45.2 Å². The van der Waals surface area contributed by atoms with Crippen LogP contribution in [0.15, 0.2) is 24.3 Å². The van der Waals surface area contributed by atoms with E-state index in [4.69, 9.17) is 4.74 Å². The number of hydrogen-bond donors (Lipinski definition) is 1. The molecule has 0 aromatic heterocycles. The monoisotopic (exact) mass is 290 g/mol. The van der Waals surface area contributed by atoms with Gasteiger partial charge < -0.3 is 15.0 Å². The van der Waals surface area contributed by atoms with Crippen LogP contribution in [0.4, 0.5) is 13.2 Å². The Kier molecular flexibility index (Phi) is 6.81. The maximum Gasteiger partial charge on any atom is 0.416 e. The molecule has 0 bridgehead atoms. The molecule has 0 saturated carbocycles. The van der Waals surface area contributed by atoms with Crippen molar-refractivity contribution in [3.8, 4) is 5.75 Å². The van der Waals surface area contributed by atoms with E-state index in [9.17, 15) is 13.2 Å². The third kappa shape index (κ3) is 6.77. The quantitative estimate of drug-likeness (QED) is 0.745. The molecule has 6 heteroatoms. The zero-order chi connectivity index (χ0) is 15.0. The maximum absolute atomic E-state index is 12.5. The lowest BCUT2D eigenvalue weighted by atomic mass is 10.2. The predicted octanol–water partition coefficient (Wildman–Crippen LogP) is 2.63. The molecule has 0 heterocycles. The smallest absolute Gasteiger partial charge is 0.416 e. The highest BCUT2D eigenvalue weighted by Gasteiger charge is 2.30. The van der Waals surface area contributed by atoms with Gasteiger partial charge in [-0.05, 0) is 51.8 Å². The topological polar surface area (TPSA) is 24.5 Å². The number of ether oxygens (including phenoxy) is 1. The van der Waals surface area contributed by atoms with Crippen molar-refractivity contribution in [3.63, 3.8) is 0 Å². The van der Waals surface area contributed by atoms with E-state index in [-0.39, 0.29) is 5.75 Å². The zero-order valence-electron chi connectivity index (χ0n) is 11.8. The van der Waals surface area contributed by atoms with Gasteiger partial charge in [0.05, 0.1) is 5.56 Å². The Hall–Kier alpha value is -1.27. The molecule has 0 atom stereocenters. The second kappa shape index (κ2) is 8.11. The van der Waals surface area contributed by atoms with Crippen LogP contribution in [0.2, 0.25) is 0 Å². The molecular weight excluding hydrogens is 269 g/mol. The Morgan fingerprint density at radius 2 is 1.95 bits per heavy atom. The van der Waals surface area contributed by atoms with E-state index in [0.29, 0.717) is 13.2 Å². The fraction of sp³-hybridized carbons (Fsp3) is 0.571. The molecule has 1 N–H and O–H groups in total. The van der Waals surface area contributed by atoms with Crippen LogP contribution in [0.5, 0.6) is 5.75 Å². The Bertz CT molecular complexity index is 394. The summed E-state index contributed by atoms with van der Waals surface area (Å²) in [6, 6.07) is 4.93. The molecule has 1 aromatic carbocycles. The van der Waals surface area contributed by atoms with Gasteiger partial charge in [0.15, 0.2) is 0 Å². The molecule has 0 spiro atoms. The highest BCUT2D eigenvalue weighted by Crippen LogP contribution is 2.31. The lowest BCUT2D eigenvalue weighted by Gasteiger charge is -2.11. The Morgan fingerprint density at radius 1 is 1.20 bits per heavy atom. The number of rotatable bonds is 8. The lowest BCUT2D eigenvalue weighted by molar-refractivity contribution is -0.137. The Balaban J connectivity index is 2.22. The van der Waals surface area contributed by atoms with Crippen molar-refractivity contribution in [2.75, 3.05) is 40.3 Å². The first-order chi connectivity index (χ1) is 9.39. The second-order valence-electron chi connectivity index (χ2n) is 4.78. The minimum Gasteiger partial charge on any atom is -0.492 e. The first-order valence-electron chi connectivity index (χ1n) is 6.55. The van der Waals surface area contributed by atoms with Crippen LogP contribution in [0.25, 0.3) is 0 Å². The van der Waals surface area contributed by atoms with Crippen LogP contribution < -0.4 is 10.1 Å². The fourth-order valence-corrected chi connectivity index (χ4v) is 1.65. The average Bonchev–Trinajstić information content (AvgIpc) is 2.36. The SMILES string of the molecule is CN(C)CCCNCCOc1cccc(C(F)(F)F)c1. The van der Waals surface area contributed by atoms with Crippen molar-refractivity contribution < 1.29 is 17.9 Å². The Morgan fingerprint density at radius 3 is 2.60 bits per heavy atom. The van der Waals surface area contributed by atoms with Gasteiger partial charge in [0.25, 0.3) is 0 Å². The number of nitrogens with one attached hydrogen (secondary N) is 1. The molecule has 0 saturated heterocycles. The molecule has 0 radical (unpaired) electrons. The van der Waals surface area contributed by atoms with Gasteiger partial charge in [-0.2, -0.15) is 13.2 Å². The minimum absolute atomic E-state index is 0.245. The van der Waals surface area contributed by atoms with Crippen molar-refractivity contribution in [1.82, 2.24) is 10.2 Å². The molecule has 0 fully saturated rings. The number of alkyl halides is 3. The number of halogens is 3. The van der Waals surface area contributed by atoms with Crippen molar-refractivity contribution in [1.29, 1.82) is 0 Å². The standard InChI is InChI=1S/C14H21F3N2O/c1-19(2)9-4-7-18-8-10-20-13-6-3-5-12(11-13)14(15,16)17/h3,5-6,11,18H,4,7-10H2,1-2H3. The maximum atomic E-state index is 12.5. The van der Waals surface area contributed by atoms with Crippen molar-refractivity contribution >= 4 is 0 Å². The molecule has 0 amide bonds. The summed E-state index contributed by atoms with van der Waals surface area (Å²) >= 11 is 0. The van der Waals surface area contributed by atoms with Crippen LogP contribution in [0.1, 0.15) is 12.0 Å². The van der Waals surface area contributed by atoms with Crippen molar-refractivity contribution in [2.24, 2.45) is 0 Å². The molecule has 1 rings (SSSR count). The van der Waals surface area contributed by atoms with E-state index in [0.717, 1.165) is 31.6 Å². The Labute approximate surface area is 117 Å². The normalized spacial score (nSPS) is 11.9. The van der Waals surface area contributed by atoms with E-state index in [1.807, 2.05) is 14.1 Å². The zero-order valence-corrected chi connectivity index (χ0v) is 11.8. The summed E-state index contributed by atoms with van der Waals surface area (Å²) in [5.41, 5.74) is -0.686. The largest absolute Gasteiger partial charge is 0.492 e. The van der Waals surface area contributed by atoms with E-state index >= 15 is 0 Å². The number of benzene rings is 1. The summed E-state index contributed by atoms with van der Waals surface area (Å²) < 4.78 is 42.8. The summed E-state index contributed by atoms with van der Waals surface area (Å²) in [6.45, 7) is 2.83. The van der Waals surface area contributed by atoms with Gasteiger partial charge in [-0.1, -0.05) is 6.07 Å². The molecular formula is C14H21F3N2O. The van der Waals surface area contributed by atoms with E-state index in [1.54, 1.807) is 0 Å². The van der Waals surface area contributed by atoms with Gasteiger partial charge >= 0.3 is 6.18 Å². The first-order valence-corrected chi connectivity index (χ1v) is 6.55. The third-order valence-electron chi connectivity index (χ3n) is 2.67. The number of nitrogens with zero attached hydrogens (tertiary/aromatic N) is 1. The van der Waals surface area contributed by atoms with Crippen LogP contribution in [0.3, 0.4) is 0 Å². The first kappa shape index (κ1) is 16.8. The molecule has 3 nitrogen and oxygen atoms in total. The molecule has 0 aliphatic rings. The van der Waals surface area contributed by atoms with E-state index in [1.165, 1.54) is 12.1 Å². The highest BCUT2D eigenvalue weighted by molar-refractivity contribution is 5.30. The lowest BCUT2D eigenvalue weighted by Crippen LogP contribution is -2.25. The summed E-state index contributed by atoms with van der Waals surface area (Å²) in [4.78, 5) is 2.10. The van der Waals surface area contributed by atoms with Gasteiger partial charge in [0, 0.05) is 6.54 Å². The van der Waals surface area contributed by atoms with Crippen LogP contribution in [0, 0.1) is 0 Å². The van der Waals surface area contributed by atoms with Gasteiger partial charge in [-0.15, -0.1) is 0 Å². The van der Waals surface area contributed by atoms with Crippen molar-refractivity contribution in [2.45, 2.75) is 12.6 Å². The predicted molar refractivity (Wildman–Crippen MR) is 73.0 cm³/mol. The van der Waals surface area contributed by atoms with Crippen LogP contribution in [-0.2, 0) is 6.18 Å². The molecule has 0 aliphatic heterocycles. The molecule has 0 aliphatic carbocycles.